The molecule has 0 aromatic carbocycles. The summed E-state index contributed by atoms with van der Waals surface area (Å²) in [6.45, 7) is 0. The molecular formula is C8H10F3N3OS. The number of pyridine rings is 1. The number of hydrogen-bond donors (Lipinski definition) is 1. The molecule has 0 aliphatic carbocycles. The Morgan fingerprint density at radius 1 is 1.38 bits per heavy atom. The average Bonchev–Trinajstić information content (AvgIpc) is 1.97. The van der Waals surface area contributed by atoms with Crippen LogP contribution in [0.1, 0.15) is 5.69 Å². The summed E-state index contributed by atoms with van der Waals surface area (Å²) in [5, 5.41) is 0. The van der Waals surface area contributed by atoms with Gasteiger partial charge in [0, 0.05) is 34.0 Å². The van der Waals surface area contributed by atoms with Gasteiger partial charge in [0.15, 0.2) is 5.82 Å². The predicted octanol–water partition coefficient (Wildman–Crippen LogP) is 2.04. The predicted molar refractivity (Wildman–Crippen MR) is 55.7 cm³/mol. The highest BCUT2D eigenvalue weighted by atomic mass is 32.2. The van der Waals surface area contributed by atoms with Gasteiger partial charge in [-0.3, -0.25) is 0 Å². The third kappa shape index (κ3) is 3.69. The number of nitrogens with zero attached hydrogens (tertiary/aromatic N) is 2. The van der Waals surface area contributed by atoms with Crippen LogP contribution in [0, 0.1) is 0 Å². The Morgan fingerprint density at radius 2 is 1.94 bits per heavy atom. The Balaban J connectivity index is 3.36. The topological polar surface area (TPSA) is 68.3 Å². The van der Waals surface area contributed by atoms with Crippen molar-refractivity contribution in [2.24, 2.45) is 4.36 Å². The average molecular weight is 253 g/mol. The van der Waals surface area contributed by atoms with Crippen molar-refractivity contribution in [2.75, 3.05) is 18.2 Å². The summed E-state index contributed by atoms with van der Waals surface area (Å²) in [5.74, 6) is -0.276. The van der Waals surface area contributed by atoms with E-state index in [1.807, 2.05) is 0 Å². The van der Waals surface area contributed by atoms with Crippen LogP contribution in [-0.2, 0) is 15.9 Å². The Bertz CT molecular complexity index is 510. The van der Waals surface area contributed by atoms with Gasteiger partial charge in [-0.05, 0) is 6.07 Å². The molecule has 90 valence electrons. The Kier molecular flexibility index (Phi) is 3.13. The number of anilines is 1. The summed E-state index contributed by atoms with van der Waals surface area (Å²) in [6, 6.07) is 1.84. The molecule has 0 spiro atoms. The molecule has 1 heterocycles. The van der Waals surface area contributed by atoms with Gasteiger partial charge in [0.1, 0.15) is 5.69 Å². The zero-order valence-electron chi connectivity index (χ0n) is 8.58. The van der Waals surface area contributed by atoms with Crippen molar-refractivity contribution in [1.82, 2.24) is 4.98 Å². The molecule has 0 saturated carbocycles. The molecule has 0 fully saturated rings. The second kappa shape index (κ2) is 3.93. The standard InChI is InChI=1S/C8H10F3N3OS/c1-16(2,15)14-7-4-5(12)3-6(13-7)8(9,10)11/h3-4H,1-2H3,(H2,12,13). The highest BCUT2D eigenvalue weighted by Gasteiger charge is 2.33. The summed E-state index contributed by atoms with van der Waals surface area (Å²) >= 11 is 0. The van der Waals surface area contributed by atoms with Gasteiger partial charge in [-0.25, -0.2) is 9.19 Å². The maximum Gasteiger partial charge on any atom is 0.433 e. The SMILES string of the molecule is CS(C)(=O)=Nc1cc(N)cc(C(F)(F)F)n1. The number of alkyl halides is 3. The first kappa shape index (κ1) is 12.8. The normalized spacial score (nSPS) is 12.6. The van der Waals surface area contributed by atoms with Crippen LogP contribution >= 0.6 is 0 Å². The molecule has 1 aromatic heterocycles. The van der Waals surface area contributed by atoms with Gasteiger partial charge in [-0.1, -0.05) is 0 Å². The van der Waals surface area contributed by atoms with Gasteiger partial charge in [-0.2, -0.15) is 17.5 Å². The summed E-state index contributed by atoms with van der Waals surface area (Å²) in [5.41, 5.74) is 4.02. The zero-order chi connectivity index (χ0) is 12.6. The van der Waals surface area contributed by atoms with Crippen molar-refractivity contribution >= 4 is 21.2 Å². The second-order valence-corrected chi connectivity index (χ2v) is 5.96. The molecule has 0 saturated heterocycles. The zero-order valence-corrected chi connectivity index (χ0v) is 9.39. The maximum atomic E-state index is 12.3. The molecule has 2 N–H and O–H groups in total. The lowest BCUT2D eigenvalue weighted by molar-refractivity contribution is -0.141. The molecule has 1 aromatic rings. The molecule has 0 amide bonds. The first-order valence-electron chi connectivity index (χ1n) is 4.10. The Labute approximate surface area is 90.9 Å². The minimum absolute atomic E-state index is 0.121. The van der Waals surface area contributed by atoms with E-state index in [-0.39, 0.29) is 11.5 Å². The molecule has 16 heavy (non-hydrogen) atoms. The van der Waals surface area contributed by atoms with Crippen LogP contribution in [0.2, 0.25) is 0 Å². The number of nitrogen functional groups attached to an aromatic ring is 1. The van der Waals surface area contributed by atoms with E-state index in [1.165, 1.54) is 12.5 Å². The molecule has 0 aliphatic rings. The summed E-state index contributed by atoms with van der Waals surface area (Å²) in [4.78, 5) is 3.24. The molecule has 0 radical (unpaired) electrons. The van der Waals surface area contributed by atoms with Crippen molar-refractivity contribution in [1.29, 1.82) is 0 Å². The van der Waals surface area contributed by atoms with Gasteiger partial charge in [0.25, 0.3) is 0 Å². The van der Waals surface area contributed by atoms with E-state index >= 15 is 0 Å². The van der Waals surface area contributed by atoms with Crippen LogP contribution in [-0.4, -0.2) is 21.7 Å². The Hall–Kier alpha value is -1.31. The number of aromatic nitrogens is 1. The maximum absolute atomic E-state index is 12.3. The lowest BCUT2D eigenvalue weighted by Gasteiger charge is -2.07. The minimum atomic E-state index is -4.60. The number of nitrogens with two attached hydrogens (primary N) is 1. The number of rotatable bonds is 1. The lowest BCUT2D eigenvalue weighted by atomic mass is 10.3. The van der Waals surface area contributed by atoms with Gasteiger partial charge < -0.3 is 5.73 Å². The third-order valence-corrected chi connectivity index (χ3v) is 2.06. The largest absolute Gasteiger partial charge is 0.433 e. The molecule has 0 bridgehead atoms. The monoisotopic (exact) mass is 253 g/mol. The van der Waals surface area contributed by atoms with Crippen LogP contribution in [0.5, 0.6) is 0 Å². The van der Waals surface area contributed by atoms with Crippen LogP contribution in [0.4, 0.5) is 24.7 Å². The van der Waals surface area contributed by atoms with E-state index in [9.17, 15) is 17.4 Å². The van der Waals surface area contributed by atoms with Gasteiger partial charge in [0.2, 0.25) is 0 Å². The summed E-state index contributed by atoms with van der Waals surface area (Å²) in [7, 11) is -2.57. The van der Waals surface area contributed by atoms with Gasteiger partial charge in [0.05, 0.1) is 0 Å². The summed E-state index contributed by atoms with van der Waals surface area (Å²) < 4.78 is 51.9. The second-order valence-electron chi connectivity index (χ2n) is 3.41. The van der Waals surface area contributed by atoms with E-state index < -0.39 is 21.6 Å². The quantitative estimate of drug-likeness (QED) is 0.832. The van der Waals surface area contributed by atoms with Crippen molar-refractivity contribution < 1.29 is 17.4 Å². The van der Waals surface area contributed by atoms with Crippen LogP contribution in [0.3, 0.4) is 0 Å². The van der Waals surface area contributed by atoms with Crippen molar-refractivity contribution in [2.45, 2.75) is 6.18 Å². The van der Waals surface area contributed by atoms with E-state index in [4.69, 9.17) is 5.73 Å². The van der Waals surface area contributed by atoms with Crippen molar-refractivity contribution in [3.05, 3.63) is 17.8 Å². The van der Waals surface area contributed by atoms with E-state index in [1.54, 1.807) is 0 Å². The highest BCUT2D eigenvalue weighted by Crippen LogP contribution is 2.30. The molecule has 0 atom stereocenters. The number of halogens is 3. The van der Waals surface area contributed by atoms with E-state index in [0.29, 0.717) is 6.07 Å². The van der Waals surface area contributed by atoms with Gasteiger partial charge in [-0.15, -0.1) is 0 Å². The molecule has 8 heteroatoms. The van der Waals surface area contributed by atoms with Crippen LogP contribution in [0.25, 0.3) is 0 Å². The lowest BCUT2D eigenvalue weighted by Crippen LogP contribution is -2.08. The van der Waals surface area contributed by atoms with Gasteiger partial charge >= 0.3 is 6.18 Å². The van der Waals surface area contributed by atoms with Crippen LogP contribution < -0.4 is 5.73 Å². The summed E-state index contributed by atoms with van der Waals surface area (Å²) in [6.07, 6.45) is -2.00. The molecular weight excluding hydrogens is 243 g/mol. The Morgan fingerprint density at radius 3 is 2.38 bits per heavy atom. The molecule has 0 unspecified atom stereocenters. The first-order valence-corrected chi connectivity index (χ1v) is 6.43. The molecule has 4 nitrogen and oxygen atoms in total. The first-order chi connectivity index (χ1) is 7.08. The smallest absolute Gasteiger partial charge is 0.399 e. The fraction of sp³-hybridized carbons (Fsp3) is 0.375. The molecule has 0 aliphatic heterocycles. The van der Waals surface area contributed by atoms with Crippen molar-refractivity contribution in [3.8, 4) is 0 Å². The highest BCUT2D eigenvalue weighted by molar-refractivity contribution is 7.92. The minimum Gasteiger partial charge on any atom is -0.399 e. The third-order valence-electron chi connectivity index (χ3n) is 1.44. The van der Waals surface area contributed by atoms with E-state index in [2.05, 4.69) is 9.35 Å². The van der Waals surface area contributed by atoms with E-state index in [0.717, 1.165) is 6.07 Å². The fourth-order valence-corrected chi connectivity index (χ4v) is 1.50. The fourth-order valence-electron chi connectivity index (χ4n) is 0.954. The number of hydrogen-bond acceptors (Lipinski definition) is 4. The molecule has 1 rings (SSSR count). The van der Waals surface area contributed by atoms with Crippen LogP contribution in [0.15, 0.2) is 16.5 Å². The van der Waals surface area contributed by atoms with Crippen molar-refractivity contribution in [3.63, 3.8) is 0 Å².